The van der Waals surface area contributed by atoms with Crippen molar-refractivity contribution < 1.29 is 5.11 Å². The number of nitrogens with two attached hydrogens (primary N) is 1. The predicted molar refractivity (Wildman–Crippen MR) is 134 cm³/mol. The van der Waals surface area contributed by atoms with Gasteiger partial charge in [-0.2, -0.15) is 0 Å². The van der Waals surface area contributed by atoms with E-state index in [0.29, 0.717) is 29.4 Å². The van der Waals surface area contributed by atoms with E-state index < -0.39 is 0 Å². The number of nitrogens with zero attached hydrogens (tertiary/aromatic N) is 4. The zero-order valence-electron chi connectivity index (χ0n) is 18.5. The number of anilines is 1. The van der Waals surface area contributed by atoms with Crippen LogP contribution in [0.1, 0.15) is 5.56 Å². The second kappa shape index (κ2) is 9.64. The van der Waals surface area contributed by atoms with Gasteiger partial charge in [-0.05, 0) is 54.4 Å². The third kappa shape index (κ3) is 4.69. The van der Waals surface area contributed by atoms with E-state index in [1.165, 1.54) is 5.56 Å². The first-order valence-corrected chi connectivity index (χ1v) is 11.1. The lowest BCUT2D eigenvalue weighted by atomic mass is 10.1. The van der Waals surface area contributed by atoms with Gasteiger partial charge in [0, 0.05) is 47.7 Å². The van der Waals surface area contributed by atoms with E-state index >= 15 is 0 Å². The van der Waals surface area contributed by atoms with Crippen molar-refractivity contribution in [1.82, 2.24) is 19.9 Å². The second-order valence-electron chi connectivity index (χ2n) is 8.07. The van der Waals surface area contributed by atoms with Crippen LogP contribution in [0.5, 0.6) is 5.75 Å². The topological polar surface area (TPSA) is 110 Å². The maximum absolute atomic E-state index is 9.71. The molecule has 0 saturated carbocycles. The number of benzene rings is 2. The standard InChI is InChI=1S/C27H24N6O/c28-21(16-18-4-2-1-3-5-18)17-31-27-23-12-15-30-24(19-6-8-22(34)9-7-19)25(23)32-26(33-27)20-10-13-29-14-11-20/h1-15,21,34H,16-17,28H2,(H,31,32,33)/t21-/m1/s1. The van der Waals surface area contributed by atoms with E-state index in [9.17, 15) is 5.11 Å². The lowest BCUT2D eigenvalue weighted by molar-refractivity contribution is 0.475. The molecule has 0 aliphatic heterocycles. The van der Waals surface area contributed by atoms with Crippen LogP contribution in [0.2, 0.25) is 0 Å². The Labute approximate surface area is 197 Å². The molecule has 34 heavy (non-hydrogen) atoms. The summed E-state index contributed by atoms with van der Waals surface area (Å²) < 4.78 is 0. The zero-order valence-corrected chi connectivity index (χ0v) is 18.5. The molecule has 3 aromatic heterocycles. The van der Waals surface area contributed by atoms with E-state index in [0.717, 1.165) is 22.9 Å². The fourth-order valence-electron chi connectivity index (χ4n) is 3.87. The lowest BCUT2D eigenvalue weighted by Crippen LogP contribution is -2.31. The average molecular weight is 449 g/mol. The molecule has 4 N–H and O–H groups in total. The molecule has 0 aliphatic carbocycles. The summed E-state index contributed by atoms with van der Waals surface area (Å²) in [6, 6.07) is 22.7. The average Bonchev–Trinajstić information content (AvgIpc) is 2.88. The molecular formula is C27H24N6O. The highest BCUT2D eigenvalue weighted by atomic mass is 16.3. The summed E-state index contributed by atoms with van der Waals surface area (Å²) in [6.07, 6.45) is 5.94. The Morgan fingerprint density at radius 3 is 2.35 bits per heavy atom. The Morgan fingerprint density at radius 1 is 0.824 bits per heavy atom. The van der Waals surface area contributed by atoms with Gasteiger partial charge in [0.2, 0.25) is 0 Å². The summed E-state index contributed by atoms with van der Waals surface area (Å²) >= 11 is 0. The normalized spacial score (nSPS) is 11.9. The van der Waals surface area contributed by atoms with Gasteiger partial charge < -0.3 is 16.2 Å². The first-order chi connectivity index (χ1) is 16.7. The van der Waals surface area contributed by atoms with Crippen LogP contribution in [0.25, 0.3) is 33.5 Å². The molecule has 0 saturated heterocycles. The molecule has 2 aromatic carbocycles. The SMILES string of the molecule is N[C@@H](CNc1nc(-c2ccncc2)nc2c(-c3ccc(O)cc3)nccc12)Cc1ccccc1. The van der Waals surface area contributed by atoms with Crippen molar-refractivity contribution in [3.05, 3.63) is 97.0 Å². The summed E-state index contributed by atoms with van der Waals surface area (Å²) in [5.41, 5.74) is 10.8. The van der Waals surface area contributed by atoms with Crippen LogP contribution >= 0.6 is 0 Å². The number of aromatic nitrogens is 4. The van der Waals surface area contributed by atoms with E-state index in [1.807, 2.05) is 48.5 Å². The van der Waals surface area contributed by atoms with Crippen LogP contribution in [0, 0.1) is 0 Å². The van der Waals surface area contributed by atoms with Crippen molar-refractivity contribution >= 4 is 16.7 Å². The fraction of sp³-hybridized carbons (Fsp3) is 0.111. The van der Waals surface area contributed by atoms with Crippen molar-refractivity contribution in [1.29, 1.82) is 0 Å². The Hall–Kier alpha value is -4.36. The number of aromatic hydroxyl groups is 1. The molecule has 5 rings (SSSR count). The van der Waals surface area contributed by atoms with Crippen molar-refractivity contribution in [2.75, 3.05) is 11.9 Å². The van der Waals surface area contributed by atoms with Gasteiger partial charge in [0.25, 0.3) is 0 Å². The molecule has 5 aromatic rings. The van der Waals surface area contributed by atoms with Crippen LogP contribution in [0.3, 0.4) is 0 Å². The number of rotatable bonds is 7. The number of pyridine rings is 2. The van der Waals surface area contributed by atoms with Gasteiger partial charge >= 0.3 is 0 Å². The van der Waals surface area contributed by atoms with Gasteiger partial charge in [-0.15, -0.1) is 0 Å². The first kappa shape index (κ1) is 21.5. The molecule has 168 valence electrons. The Bertz CT molecular complexity index is 1390. The minimum Gasteiger partial charge on any atom is -0.508 e. The van der Waals surface area contributed by atoms with Gasteiger partial charge in [-0.25, -0.2) is 9.97 Å². The maximum atomic E-state index is 9.71. The summed E-state index contributed by atoms with van der Waals surface area (Å²) in [5.74, 6) is 1.47. The largest absolute Gasteiger partial charge is 0.508 e. The molecule has 0 fully saturated rings. The maximum Gasteiger partial charge on any atom is 0.162 e. The number of phenolic OH excluding ortho intramolecular Hbond substituents is 1. The zero-order chi connectivity index (χ0) is 23.3. The minimum atomic E-state index is -0.0878. The summed E-state index contributed by atoms with van der Waals surface area (Å²) in [4.78, 5) is 18.4. The van der Waals surface area contributed by atoms with Crippen molar-refractivity contribution in [3.8, 4) is 28.4 Å². The minimum absolute atomic E-state index is 0.0878. The molecule has 1 atom stereocenters. The number of phenols is 1. The van der Waals surface area contributed by atoms with E-state index in [1.54, 1.807) is 30.7 Å². The Balaban J connectivity index is 1.54. The molecule has 7 heteroatoms. The number of fused-ring (bicyclic) bond motifs is 1. The summed E-state index contributed by atoms with van der Waals surface area (Å²) in [5, 5.41) is 14.0. The third-order valence-electron chi connectivity index (χ3n) is 5.57. The Morgan fingerprint density at radius 2 is 1.59 bits per heavy atom. The van der Waals surface area contributed by atoms with Crippen LogP contribution in [-0.4, -0.2) is 37.6 Å². The Kier molecular flexibility index (Phi) is 6.09. The van der Waals surface area contributed by atoms with Crippen LogP contribution in [0.15, 0.2) is 91.4 Å². The fourth-order valence-corrected chi connectivity index (χ4v) is 3.87. The molecule has 0 aliphatic rings. The molecule has 0 radical (unpaired) electrons. The third-order valence-corrected chi connectivity index (χ3v) is 5.57. The smallest absolute Gasteiger partial charge is 0.162 e. The molecule has 0 unspecified atom stereocenters. The summed E-state index contributed by atoms with van der Waals surface area (Å²) in [6.45, 7) is 0.549. The van der Waals surface area contributed by atoms with Crippen molar-refractivity contribution in [3.63, 3.8) is 0 Å². The van der Waals surface area contributed by atoms with Crippen LogP contribution in [0.4, 0.5) is 5.82 Å². The molecule has 7 nitrogen and oxygen atoms in total. The lowest BCUT2D eigenvalue weighted by Gasteiger charge is -2.16. The number of hydrogen-bond donors (Lipinski definition) is 3. The van der Waals surface area contributed by atoms with E-state index in [-0.39, 0.29) is 11.8 Å². The van der Waals surface area contributed by atoms with Gasteiger partial charge in [-0.1, -0.05) is 30.3 Å². The molecule has 0 amide bonds. The highest BCUT2D eigenvalue weighted by Crippen LogP contribution is 2.31. The number of nitrogens with one attached hydrogen (secondary N) is 1. The van der Waals surface area contributed by atoms with Gasteiger partial charge in [0.15, 0.2) is 5.82 Å². The highest BCUT2D eigenvalue weighted by Gasteiger charge is 2.15. The summed E-state index contributed by atoms with van der Waals surface area (Å²) in [7, 11) is 0. The molecule has 0 spiro atoms. The molecular weight excluding hydrogens is 424 g/mol. The van der Waals surface area contributed by atoms with Crippen molar-refractivity contribution in [2.45, 2.75) is 12.5 Å². The van der Waals surface area contributed by atoms with Gasteiger partial charge in [0.05, 0.1) is 5.69 Å². The molecule has 3 heterocycles. The second-order valence-corrected chi connectivity index (χ2v) is 8.07. The van der Waals surface area contributed by atoms with Crippen LogP contribution < -0.4 is 11.1 Å². The number of hydrogen-bond acceptors (Lipinski definition) is 7. The quantitative estimate of drug-likeness (QED) is 0.338. The van der Waals surface area contributed by atoms with Gasteiger partial charge in [-0.3, -0.25) is 9.97 Å². The van der Waals surface area contributed by atoms with E-state index in [2.05, 4.69) is 27.4 Å². The van der Waals surface area contributed by atoms with Gasteiger partial charge in [0.1, 0.15) is 17.1 Å². The first-order valence-electron chi connectivity index (χ1n) is 11.1. The molecule has 0 bridgehead atoms. The highest BCUT2D eigenvalue weighted by molar-refractivity contribution is 5.98. The van der Waals surface area contributed by atoms with Crippen molar-refractivity contribution in [2.24, 2.45) is 5.73 Å². The predicted octanol–water partition coefficient (Wildman–Crippen LogP) is 4.44. The van der Waals surface area contributed by atoms with E-state index in [4.69, 9.17) is 15.7 Å². The monoisotopic (exact) mass is 448 g/mol. The van der Waals surface area contributed by atoms with Crippen LogP contribution in [-0.2, 0) is 6.42 Å².